The van der Waals surface area contributed by atoms with Gasteiger partial charge in [-0.2, -0.15) is 0 Å². The second-order valence-corrected chi connectivity index (χ2v) is 5.20. The summed E-state index contributed by atoms with van der Waals surface area (Å²) in [6.07, 6.45) is 1.90. The second-order valence-electron chi connectivity index (χ2n) is 4.81. The standard InChI is InChI=1S/C13H22ClN3/c1-6-7-12-15-11(14)8-13(16-12)17(5)10(4)9(2)3/h8-10H,6-7H2,1-5H3. The van der Waals surface area contributed by atoms with Gasteiger partial charge in [-0.15, -0.1) is 0 Å². The molecule has 0 aliphatic heterocycles. The Balaban J connectivity index is 2.96. The molecule has 17 heavy (non-hydrogen) atoms. The molecule has 1 rings (SSSR count). The van der Waals surface area contributed by atoms with Crippen molar-refractivity contribution in [3.8, 4) is 0 Å². The van der Waals surface area contributed by atoms with E-state index in [1.54, 1.807) is 0 Å². The number of halogens is 1. The average Bonchev–Trinajstić information content (AvgIpc) is 2.26. The third kappa shape index (κ3) is 3.84. The third-order valence-corrected chi connectivity index (χ3v) is 3.33. The van der Waals surface area contributed by atoms with Crippen LogP contribution < -0.4 is 4.90 Å². The van der Waals surface area contributed by atoms with Crippen LogP contribution in [0.2, 0.25) is 5.15 Å². The highest BCUT2D eigenvalue weighted by atomic mass is 35.5. The molecule has 0 radical (unpaired) electrons. The van der Waals surface area contributed by atoms with Crippen LogP contribution in [0.5, 0.6) is 0 Å². The van der Waals surface area contributed by atoms with E-state index in [9.17, 15) is 0 Å². The highest BCUT2D eigenvalue weighted by molar-refractivity contribution is 6.29. The van der Waals surface area contributed by atoms with E-state index < -0.39 is 0 Å². The van der Waals surface area contributed by atoms with E-state index in [1.807, 2.05) is 6.07 Å². The number of hydrogen-bond donors (Lipinski definition) is 0. The summed E-state index contributed by atoms with van der Waals surface area (Å²) in [6, 6.07) is 2.26. The van der Waals surface area contributed by atoms with Gasteiger partial charge < -0.3 is 4.90 Å². The average molecular weight is 256 g/mol. The van der Waals surface area contributed by atoms with E-state index in [0.29, 0.717) is 17.1 Å². The predicted molar refractivity (Wildman–Crippen MR) is 73.7 cm³/mol. The summed E-state index contributed by atoms with van der Waals surface area (Å²) in [5.41, 5.74) is 0. The van der Waals surface area contributed by atoms with Crippen molar-refractivity contribution in [1.82, 2.24) is 9.97 Å². The SMILES string of the molecule is CCCc1nc(Cl)cc(N(C)C(C)C(C)C)n1. The minimum Gasteiger partial charge on any atom is -0.357 e. The molecule has 0 fully saturated rings. The van der Waals surface area contributed by atoms with Crippen LogP contribution in [0, 0.1) is 5.92 Å². The van der Waals surface area contributed by atoms with Gasteiger partial charge in [0, 0.05) is 25.6 Å². The summed E-state index contributed by atoms with van der Waals surface area (Å²) in [4.78, 5) is 11.0. The second kappa shape index (κ2) is 6.20. The Morgan fingerprint density at radius 1 is 1.29 bits per heavy atom. The van der Waals surface area contributed by atoms with Gasteiger partial charge in [0.15, 0.2) is 0 Å². The number of aromatic nitrogens is 2. The highest BCUT2D eigenvalue weighted by Crippen LogP contribution is 2.20. The Bertz CT molecular complexity index is 366. The van der Waals surface area contributed by atoms with Crippen molar-refractivity contribution in [3.63, 3.8) is 0 Å². The van der Waals surface area contributed by atoms with E-state index in [0.717, 1.165) is 24.5 Å². The normalized spacial score (nSPS) is 12.9. The van der Waals surface area contributed by atoms with Crippen LogP contribution in [0.1, 0.15) is 39.9 Å². The predicted octanol–water partition coefficient (Wildman–Crippen LogP) is 3.56. The molecule has 0 spiro atoms. The lowest BCUT2D eigenvalue weighted by Crippen LogP contribution is -2.34. The van der Waals surface area contributed by atoms with E-state index in [2.05, 4.69) is 49.6 Å². The Labute approximate surface area is 109 Å². The molecule has 0 saturated heterocycles. The number of rotatable bonds is 5. The molecule has 0 amide bonds. The maximum atomic E-state index is 6.04. The summed E-state index contributed by atoms with van der Waals surface area (Å²) in [6.45, 7) is 8.72. The first-order valence-electron chi connectivity index (χ1n) is 6.22. The van der Waals surface area contributed by atoms with Gasteiger partial charge >= 0.3 is 0 Å². The smallest absolute Gasteiger partial charge is 0.134 e. The molecular formula is C13H22ClN3. The summed E-state index contributed by atoms with van der Waals surface area (Å²) >= 11 is 6.04. The molecule has 4 heteroatoms. The van der Waals surface area contributed by atoms with Crippen molar-refractivity contribution >= 4 is 17.4 Å². The van der Waals surface area contributed by atoms with Crippen molar-refractivity contribution in [2.75, 3.05) is 11.9 Å². The first-order valence-corrected chi connectivity index (χ1v) is 6.59. The minimum atomic E-state index is 0.426. The van der Waals surface area contributed by atoms with Gasteiger partial charge in [-0.05, 0) is 19.3 Å². The van der Waals surface area contributed by atoms with Crippen LogP contribution in [-0.4, -0.2) is 23.1 Å². The van der Waals surface area contributed by atoms with E-state index in [1.165, 1.54) is 0 Å². The van der Waals surface area contributed by atoms with Gasteiger partial charge in [0.25, 0.3) is 0 Å². The fraction of sp³-hybridized carbons (Fsp3) is 0.692. The molecule has 1 unspecified atom stereocenters. The molecule has 3 nitrogen and oxygen atoms in total. The fourth-order valence-electron chi connectivity index (χ4n) is 1.62. The molecule has 0 aromatic carbocycles. The van der Waals surface area contributed by atoms with Gasteiger partial charge in [0.1, 0.15) is 16.8 Å². The maximum absolute atomic E-state index is 6.04. The first kappa shape index (κ1) is 14.2. The molecule has 1 atom stereocenters. The van der Waals surface area contributed by atoms with E-state index >= 15 is 0 Å². The summed E-state index contributed by atoms with van der Waals surface area (Å²) < 4.78 is 0. The van der Waals surface area contributed by atoms with Gasteiger partial charge in [-0.3, -0.25) is 0 Å². The van der Waals surface area contributed by atoms with Crippen molar-refractivity contribution < 1.29 is 0 Å². The van der Waals surface area contributed by atoms with E-state index in [-0.39, 0.29) is 0 Å². The molecule has 0 aliphatic rings. The van der Waals surface area contributed by atoms with Crippen LogP contribution >= 0.6 is 11.6 Å². The van der Waals surface area contributed by atoms with Gasteiger partial charge in [0.2, 0.25) is 0 Å². The zero-order chi connectivity index (χ0) is 13.0. The third-order valence-electron chi connectivity index (χ3n) is 3.14. The summed E-state index contributed by atoms with van der Waals surface area (Å²) in [5, 5.41) is 0.529. The van der Waals surface area contributed by atoms with Gasteiger partial charge in [0.05, 0.1) is 0 Å². The van der Waals surface area contributed by atoms with Crippen LogP contribution in [0.4, 0.5) is 5.82 Å². The van der Waals surface area contributed by atoms with Crippen LogP contribution in [-0.2, 0) is 6.42 Å². The summed E-state index contributed by atoms with van der Waals surface area (Å²) in [7, 11) is 2.05. The van der Waals surface area contributed by atoms with Gasteiger partial charge in [-0.25, -0.2) is 9.97 Å². The van der Waals surface area contributed by atoms with Gasteiger partial charge in [-0.1, -0.05) is 32.4 Å². The van der Waals surface area contributed by atoms with Crippen molar-refractivity contribution in [2.24, 2.45) is 5.92 Å². The molecule has 1 aromatic rings. The molecule has 1 aromatic heterocycles. The molecule has 0 aliphatic carbocycles. The Morgan fingerprint density at radius 2 is 1.94 bits per heavy atom. The number of anilines is 1. The van der Waals surface area contributed by atoms with Crippen molar-refractivity contribution in [3.05, 3.63) is 17.0 Å². The molecule has 0 saturated carbocycles. The molecular weight excluding hydrogens is 234 g/mol. The fourth-order valence-corrected chi connectivity index (χ4v) is 1.82. The van der Waals surface area contributed by atoms with Crippen molar-refractivity contribution in [1.29, 1.82) is 0 Å². The summed E-state index contributed by atoms with van der Waals surface area (Å²) in [5.74, 6) is 2.32. The first-order chi connectivity index (χ1) is 7.95. The van der Waals surface area contributed by atoms with Crippen LogP contribution in [0.3, 0.4) is 0 Å². The Kier molecular flexibility index (Phi) is 5.19. The lowest BCUT2D eigenvalue weighted by molar-refractivity contribution is 0.502. The van der Waals surface area contributed by atoms with E-state index in [4.69, 9.17) is 11.6 Å². The Morgan fingerprint density at radius 3 is 2.47 bits per heavy atom. The topological polar surface area (TPSA) is 29.0 Å². The zero-order valence-corrected chi connectivity index (χ0v) is 12.1. The molecule has 0 bridgehead atoms. The number of hydrogen-bond acceptors (Lipinski definition) is 3. The lowest BCUT2D eigenvalue weighted by Gasteiger charge is -2.29. The molecule has 96 valence electrons. The monoisotopic (exact) mass is 255 g/mol. The largest absolute Gasteiger partial charge is 0.357 e. The van der Waals surface area contributed by atoms with Crippen molar-refractivity contribution in [2.45, 2.75) is 46.6 Å². The number of nitrogens with zero attached hydrogens (tertiary/aromatic N) is 3. The molecule has 0 N–H and O–H groups in total. The molecule has 1 heterocycles. The highest BCUT2D eigenvalue weighted by Gasteiger charge is 2.16. The van der Waals surface area contributed by atoms with Crippen LogP contribution in [0.15, 0.2) is 6.07 Å². The zero-order valence-electron chi connectivity index (χ0n) is 11.4. The Hall–Kier alpha value is -0.830. The minimum absolute atomic E-state index is 0.426. The maximum Gasteiger partial charge on any atom is 0.134 e. The quantitative estimate of drug-likeness (QED) is 0.754. The van der Waals surface area contributed by atoms with Crippen LogP contribution in [0.25, 0.3) is 0 Å². The number of aryl methyl sites for hydroxylation is 1. The lowest BCUT2D eigenvalue weighted by atomic mass is 10.1.